The van der Waals surface area contributed by atoms with Crippen LogP contribution in [0.2, 0.25) is 51.3 Å². The van der Waals surface area contributed by atoms with Gasteiger partial charge in [0, 0.05) is 33.9 Å². The number of benzene rings is 5. The number of aromatic hydroxyl groups is 1. The Hall–Kier alpha value is -5.04. The smallest absolute Gasteiger partial charge is 0.273 e. The van der Waals surface area contributed by atoms with Crippen LogP contribution in [0.3, 0.4) is 0 Å². The first kappa shape index (κ1) is 64.3. The first-order valence-electron chi connectivity index (χ1n) is 22.2. The molecule has 15 nitrogen and oxygen atoms in total. The largest absolute Gasteiger partial charge is 0.544 e. The fourth-order valence-corrected chi connectivity index (χ4v) is 10.9. The zero-order valence-corrected chi connectivity index (χ0v) is 50.0. The second-order valence-corrected chi connectivity index (χ2v) is 35.1. The van der Waals surface area contributed by atoms with Crippen molar-refractivity contribution in [2.75, 3.05) is 0 Å². The molecule has 1 aliphatic carbocycles. The lowest BCUT2D eigenvalue weighted by Crippen LogP contribution is -2.43. The van der Waals surface area contributed by atoms with Gasteiger partial charge < -0.3 is 14.0 Å². The Morgan fingerprint density at radius 3 is 1.20 bits per heavy atom. The van der Waals surface area contributed by atoms with Crippen LogP contribution < -0.4 is 19.8 Å². The maximum absolute atomic E-state index is 12.7. The zero-order chi connectivity index (χ0) is 57.3. The molecule has 7 N–H and O–H groups in total. The van der Waals surface area contributed by atoms with E-state index < -0.39 is 57.7 Å². The summed E-state index contributed by atoms with van der Waals surface area (Å²) in [5.74, 6) is 0.962. The lowest BCUT2D eigenvalue weighted by Gasteiger charge is -2.36. The van der Waals surface area contributed by atoms with Crippen LogP contribution in [0.25, 0.3) is 0 Å². The fraction of sp³-hybridized carbons (Fsp3) is 0.235. The molecule has 0 aromatic heterocycles. The van der Waals surface area contributed by atoms with E-state index in [1.54, 1.807) is 24.3 Å². The van der Waals surface area contributed by atoms with Gasteiger partial charge in [0.2, 0.25) is 44.1 Å². The number of carbonyl (C=O) groups excluding carboxylic acids is 3. The molecule has 0 bridgehead atoms. The Balaban J connectivity index is 0.000000274. The van der Waals surface area contributed by atoms with Crippen LogP contribution in [0.15, 0.2) is 148 Å². The molecular formula is C51H58Cl4N3O12S3Si2+. The molecule has 5 aromatic rings. The van der Waals surface area contributed by atoms with Crippen molar-refractivity contribution < 1.29 is 53.6 Å². The van der Waals surface area contributed by atoms with Gasteiger partial charge in [-0.05, 0) is 151 Å². The van der Waals surface area contributed by atoms with Crippen molar-refractivity contribution in [1.29, 1.82) is 0 Å². The number of carbonyl (C=O) groups is 3. The molecule has 5 aromatic carbocycles. The average Bonchev–Trinajstić information content (AvgIpc) is 3.28. The number of hydrogen-bond donors (Lipinski definition) is 4. The van der Waals surface area contributed by atoms with Gasteiger partial charge in [0.15, 0.2) is 11.6 Å². The summed E-state index contributed by atoms with van der Waals surface area (Å²) >= 11 is 22.3. The van der Waals surface area contributed by atoms with Gasteiger partial charge in [0.05, 0.1) is 27.2 Å². The van der Waals surface area contributed by atoms with Crippen molar-refractivity contribution in [2.24, 2.45) is 15.4 Å². The molecule has 24 heteroatoms. The van der Waals surface area contributed by atoms with Gasteiger partial charge >= 0.3 is 0 Å². The van der Waals surface area contributed by atoms with E-state index in [1.165, 1.54) is 66.7 Å². The molecule has 0 fully saturated rings. The third-order valence-electron chi connectivity index (χ3n) is 11.7. The maximum atomic E-state index is 12.7. The molecule has 0 saturated heterocycles. The molecule has 0 heterocycles. The summed E-state index contributed by atoms with van der Waals surface area (Å²) in [5.41, 5.74) is 1.09. The van der Waals surface area contributed by atoms with Crippen molar-refractivity contribution in [2.45, 2.75) is 92.5 Å². The van der Waals surface area contributed by atoms with Crippen LogP contribution in [0.5, 0.6) is 11.5 Å². The summed E-state index contributed by atoms with van der Waals surface area (Å²) in [4.78, 5) is 34.7. The molecule has 402 valence electrons. The molecule has 0 unspecified atom stereocenters. The number of halogens is 4. The Morgan fingerprint density at radius 2 is 0.867 bits per heavy atom. The van der Waals surface area contributed by atoms with E-state index in [1.807, 2.05) is 24.3 Å². The quantitative estimate of drug-likeness (QED) is 0.0393. The fourth-order valence-electron chi connectivity index (χ4n) is 5.53. The predicted molar refractivity (Wildman–Crippen MR) is 301 cm³/mol. The number of hydrogen-bond acceptors (Lipinski definition) is 12. The standard InChI is InChI=1S/C19H24ClNO4SSi.C13H10ClNO4S.C12H19OSi.C7H5Cl2NO3S/c1-19(2,3)27(4,5)25-15-9-6-13(7-10-15)18(22)14-8-11-16(20)17(12-14)26(21,23)24;14-11-6-3-9(7-12(11)20(15,18)19)13(17)8-1-4-10(16)5-2-8;1-12(2,3)14(4,5)13-11-9-7-6-8-10-11;8-5-2-1-4(7(9)11)3-6(5)14(10,12)13/h6-12H,1-5H3,(H2,21,23,24);1-7,16H,(H2,15,18,19);6-7,9-10H,1-5H3;1-3H,(H2,10,12,13)/q;;+1;. The molecular weight excluding hydrogens is 1140 g/mol. The lowest BCUT2D eigenvalue weighted by molar-refractivity contribution is 0.103. The van der Waals surface area contributed by atoms with E-state index in [4.69, 9.17) is 70.7 Å². The number of nitrogens with two attached hydrogens (primary N) is 3. The normalized spacial score (nSPS) is 12.7. The highest BCUT2D eigenvalue weighted by Crippen LogP contribution is 2.39. The van der Waals surface area contributed by atoms with Crippen LogP contribution in [0.4, 0.5) is 0 Å². The highest BCUT2D eigenvalue weighted by molar-refractivity contribution is 7.89. The van der Waals surface area contributed by atoms with Crippen LogP contribution in [0, 0.1) is 6.08 Å². The maximum Gasteiger partial charge on any atom is 0.273 e. The van der Waals surface area contributed by atoms with Gasteiger partial charge in [0.25, 0.3) is 13.6 Å². The number of phenolic OH excluding ortho intramolecular Hbond substituents is 1. The average molecular weight is 1200 g/mol. The zero-order valence-electron chi connectivity index (χ0n) is 42.5. The third kappa shape index (κ3) is 18.9. The van der Waals surface area contributed by atoms with Crippen molar-refractivity contribution >= 4 is 110 Å². The molecule has 75 heavy (non-hydrogen) atoms. The highest BCUT2D eigenvalue weighted by atomic mass is 35.5. The molecule has 6 rings (SSSR count). The van der Waals surface area contributed by atoms with E-state index in [2.05, 4.69) is 73.8 Å². The van der Waals surface area contributed by atoms with E-state index >= 15 is 0 Å². The Kier molecular flexibility index (Phi) is 21.8. The Labute approximate surface area is 461 Å². The number of phenols is 1. The monoisotopic (exact) mass is 1200 g/mol. The van der Waals surface area contributed by atoms with Crippen LogP contribution in [-0.4, -0.2) is 63.8 Å². The van der Waals surface area contributed by atoms with Crippen LogP contribution >= 0.6 is 46.4 Å². The molecule has 0 amide bonds. The number of primary sulfonamides is 3. The van der Waals surface area contributed by atoms with Gasteiger partial charge in [-0.3, -0.25) is 14.4 Å². The molecule has 0 aliphatic heterocycles. The lowest BCUT2D eigenvalue weighted by atomic mass is 10.0. The summed E-state index contributed by atoms with van der Waals surface area (Å²) in [5, 5.41) is 23.6. The minimum Gasteiger partial charge on any atom is -0.544 e. The summed E-state index contributed by atoms with van der Waals surface area (Å²) in [6, 6.07) is 23.9. The van der Waals surface area contributed by atoms with Crippen molar-refractivity contribution in [3.05, 3.63) is 182 Å². The van der Waals surface area contributed by atoms with E-state index in [9.17, 15) is 44.7 Å². The van der Waals surface area contributed by atoms with E-state index in [0.717, 1.165) is 17.9 Å². The van der Waals surface area contributed by atoms with Gasteiger partial charge in [-0.15, -0.1) is 0 Å². The third-order valence-corrected chi connectivity index (χ3v) is 24.9. The molecule has 0 atom stereocenters. The topological polar surface area (TPSA) is 270 Å². The second-order valence-electron chi connectivity index (χ2n) is 19.5. The minimum atomic E-state index is -4.01. The minimum absolute atomic E-state index is 0.0211. The van der Waals surface area contributed by atoms with Crippen molar-refractivity contribution in [3.63, 3.8) is 0 Å². The Morgan fingerprint density at radius 1 is 0.533 bits per heavy atom. The first-order valence-corrected chi connectivity index (χ1v) is 34.1. The summed E-state index contributed by atoms with van der Waals surface area (Å²) in [6.45, 7) is 22.0. The number of sulfonamides is 3. The number of allylic oxidation sites excluding steroid dienone is 5. The predicted octanol–water partition coefficient (Wildman–Crippen LogP) is 11.7. The molecule has 1 aliphatic rings. The molecule has 0 saturated carbocycles. The summed E-state index contributed by atoms with van der Waals surface area (Å²) < 4.78 is 80.1. The van der Waals surface area contributed by atoms with Crippen LogP contribution in [0.1, 0.15) is 83.7 Å². The second kappa shape index (κ2) is 25.4. The molecule has 0 spiro atoms. The van der Waals surface area contributed by atoms with E-state index in [-0.39, 0.29) is 68.1 Å². The number of ketones is 2. The molecule has 0 radical (unpaired) electrons. The van der Waals surface area contributed by atoms with Crippen molar-refractivity contribution in [1.82, 2.24) is 0 Å². The van der Waals surface area contributed by atoms with Gasteiger partial charge in [-0.1, -0.05) is 76.3 Å². The van der Waals surface area contributed by atoms with Gasteiger partial charge in [-0.25, -0.2) is 40.7 Å². The van der Waals surface area contributed by atoms with Gasteiger partial charge in [-0.2, -0.15) is 0 Å². The van der Waals surface area contributed by atoms with Gasteiger partial charge in [0.1, 0.15) is 38.3 Å². The number of rotatable bonds is 12. The van der Waals surface area contributed by atoms with Crippen molar-refractivity contribution in [3.8, 4) is 11.5 Å². The van der Waals surface area contributed by atoms with Crippen LogP contribution in [-0.2, 0) is 34.5 Å². The Bertz CT molecular complexity index is 3380. The van der Waals surface area contributed by atoms with E-state index in [0.29, 0.717) is 16.9 Å². The highest BCUT2D eigenvalue weighted by Gasteiger charge is 2.41. The summed E-state index contributed by atoms with van der Waals surface area (Å²) in [7, 11) is -15.6. The first-order chi connectivity index (χ1) is 34.2. The SMILES string of the molecule is CC(C)(C)[Si](C)(C)OC1=CC=C[C+]=C1.CC(C)(C)[Si](C)(C)Oc1ccc(C(=O)c2ccc(Cl)c(S(N)(=O)=O)c2)cc1.NS(=O)(=O)c1cc(C(=O)Cl)ccc1Cl.NS(=O)(=O)c1cc(C(=O)c2ccc(O)cc2)ccc1Cl. The summed E-state index contributed by atoms with van der Waals surface area (Å²) in [6.07, 6.45) is 10.8.